The molecule has 1 aliphatic carbocycles. The summed E-state index contributed by atoms with van der Waals surface area (Å²) < 4.78 is 40.1. The number of fused-ring (bicyclic) bond motifs is 1. The number of nitrogens with two attached hydrogens (primary N) is 1. The Morgan fingerprint density at radius 1 is 1.25 bits per heavy atom. The molecule has 0 unspecified atom stereocenters. The zero-order valence-corrected chi connectivity index (χ0v) is 15.0. The van der Waals surface area contributed by atoms with E-state index in [0.29, 0.717) is 18.7 Å². The number of anilines is 1. The minimum absolute atomic E-state index is 0.0266. The first kappa shape index (κ1) is 19.7. The average Bonchev–Trinajstić information content (AvgIpc) is 3.10. The largest absolute Gasteiger partial charge is 0.434 e. The first-order chi connectivity index (χ1) is 13.3. The van der Waals surface area contributed by atoms with Crippen molar-refractivity contribution in [3.8, 4) is 0 Å². The number of aromatic nitrogens is 2. The number of nitrogens with one attached hydrogen (secondary N) is 3. The Morgan fingerprint density at radius 2 is 1.93 bits per heavy atom. The van der Waals surface area contributed by atoms with Gasteiger partial charge >= 0.3 is 6.18 Å². The van der Waals surface area contributed by atoms with Crippen molar-refractivity contribution >= 4 is 23.6 Å². The van der Waals surface area contributed by atoms with Crippen LogP contribution in [0.2, 0.25) is 0 Å². The van der Waals surface area contributed by atoms with E-state index in [1.807, 2.05) is 0 Å². The zero-order chi connectivity index (χ0) is 20.3. The molecule has 0 radical (unpaired) electrons. The molecule has 5 N–H and O–H groups in total. The summed E-state index contributed by atoms with van der Waals surface area (Å²) in [5.41, 5.74) is 4.71. The SMILES string of the molecule is N=C/C(=C\N)C(=O)NC1CCC(Nc2cccc3nc(C(F)(F)F)cn23)CC1. The zero-order valence-electron chi connectivity index (χ0n) is 15.0. The monoisotopic (exact) mass is 394 g/mol. The lowest BCUT2D eigenvalue weighted by atomic mass is 9.91. The van der Waals surface area contributed by atoms with Crippen LogP contribution >= 0.6 is 0 Å². The van der Waals surface area contributed by atoms with Gasteiger partial charge < -0.3 is 21.8 Å². The quantitative estimate of drug-likeness (QED) is 0.462. The molecule has 2 aromatic rings. The molecule has 0 atom stereocenters. The van der Waals surface area contributed by atoms with E-state index in [1.54, 1.807) is 12.1 Å². The summed E-state index contributed by atoms with van der Waals surface area (Å²) >= 11 is 0. The second kappa shape index (κ2) is 7.91. The smallest absolute Gasteiger partial charge is 0.404 e. The van der Waals surface area contributed by atoms with Crippen molar-refractivity contribution in [2.75, 3.05) is 5.32 Å². The molecule has 10 heteroatoms. The Kier molecular flexibility index (Phi) is 5.57. The van der Waals surface area contributed by atoms with E-state index in [4.69, 9.17) is 11.1 Å². The molecule has 1 amide bonds. The van der Waals surface area contributed by atoms with Gasteiger partial charge in [-0.3, -0.25) is 9.20 Å². The molecule has 0 spiro atoms. The van der Waals surface area contributed by atoms with Gasteiger partial charge in [0.25, 0.3) is 5.91 Å². The number of hydrogen-bond donors (Lipinski definition) is 4. The van der Waals surface area contributed by atoms with Crippen molar-refractivity contribution in [3.63, 3.8) is 0 Å². The Hall–Kier alpha value is -3.04. The molecule has 3 rings (SSSR count). The van der Waals surface area contributed by atoms with E-state index < -0.39 is 11.9 Å². The maximum Gasteiger partial charge on any atom is 0.434 e. The molecule has 1 saturated carbocycles. The number of alkyl halides is 3. The highest BCUT2D eigenvalue weighted by atomic mass is 19.4. The van der Waals surface area contributed by atoms with Crippen LogP contribution in [0.1, 0.15) is 31.4 Å². The highest BCUT2D eigenvalue weighted by Gasteiger charge is 2.34. The van der Waals surface area contributed by atoms with Crippen LogP contribution in [0.3, 0.4) is 0 Å². The van der Waals surface area contributed by atoms with E-state index in [-0.39, 0.29) is 29.2 Å². The van der Waals surface area contributed by atoms with E-state index in [2.05, 4.69) is 15.6 Å². The summed E-state index contributed by atoms with van der Waals surface area (Å²) in [4.78, 5) is 15.6. The van der Waals surface area contributed by atoms with Gasteiger partial charge in [0.15, 0.2) is 5.69 Å². The number of halogens is 3. The molecule has 0 saturated heterocycles. The lowest BCUT2D eigenvalue weighted by molar-refractivity contribution is -0.140. The van der Waals surface area contributed by atoms with E-state index in [0.717, 1.165) is 31.5 Å². The maximum atomic E-state index is 12.9. The van der Waals surface area contributed by atoms with Crippen molar-refractivity contribution < 1.29 is 18.0 Å². The summed E-state index contributed by atoms with van der Waals surface area (Å²) in [6, 6.07) is 4.95. The topological polar surface area (TPSA) is 108 Å². The highest BCUT2D eigenvalue weighted by molar-refractivity contribution is 6.11. The van der Waals surface area contributed by atoms with Crippen LogP contribution in [0.25, 0.3) is 5.65 Å². The fourth-order valence-electron chi connectivity index (χ4n) is 3.31. The Morgan fingerprint density at radius 3 is 2.54 bits per heavy atom. The summed E-state index contributed by atoms with van der Waals surface area (Å²) in [5.74, 6) is 0.168. The van der Waals surface area contributed by atoms with Crippen LogP contribution in [-0.2, 0) is 11.0 Å². The highest BCUT2D eigenvalue weighted by Crippen LogP contribution is 2.30. The molecule has 28 heavy (non-hydrogen) atoms. The minimum atomic E-state index is -4.49. The second-order valence-electron chi connectivity index (χ2n) is 6.70. The first-order valence-electron chi connectivity index (χ1n) is 8.87. The molecular weight excluding hydrogens is 373 g/mol. The normalized spacial score (nSPS) is 20.8. The molecule has 2 heterocycles. The minimum Gasteiger partial charge on any atom is -0.404 e. The Labute approximate surface area is 159 Å². The molecule has 0 bridgehead atoms. The van der Waals surface area contributed by atoms with Crippen LogP contribution < -0.4 is 16.4 Å². The summed E-state index contributed by atoms with van der Waals surface area (Å²) in [6.07, 6.45) is 1.41. The summed E-state index contributed by atoms with van der Waals surface area (Å²) in [6.45, 7) is 0. The second-order valence-corrected chi connectivity index (χ2v) is 6.70. The third-order valence-electron chi connectivity index (χ3n) is 4.79. The fourth-order valence-corrected chi connectivity index (χ4v) is 3.31. The third-order valence-corrected chi connectivity index (χ3v) is 4.79. The predicted molar refractivity (Wildman–Crippen MR) is 99.1 cm³/mol. The number of imidazole rings is 1. The summed E-state index contributed by atoms with van der Waals surface area (Å²) in [7, 11) is 0. The van der Waals surface area contributed by atoms with Gasteiger partial charge in [0.05, 0.1) is 5.57 Å². The lowest BCUT2D eigenvalue weighted by Gasteiger charge is -2.30. The number of carbonyl (C=O) groups excluding carboxylic acids is 1. The average molecular weight is 394 g/mol. The van der Waals surface area contributed by atoms with Gasteiger partial charge in [-0.1, -0.05) is 6.07 Å². The van der Waals surface area contributed by atoms with Crippen LogP contribution in [0.5, 0.6) is 0 Å². The molecule has 150 valence electrons. The van der Waals surface area contributed by atoms with E-state index in [1.165, 1.54) is 10.5 Å². The lowest BCUT2D eigenvalue weighted by Crippen LogP contribution is -2.41. The summed E-state index contributed by atoms with van der Waals surface area (Å²) in [5, 5.41) is 13.3. The molecular formula is C18H21F3N6O. The van der Waals surface area contributed by atoms with Crippen LogP contribution in [0.4, 0.5) is 19.0 Å². The van der Waals surface area contributed by atoms with E-state index >= 15 is 0 Å². The number of hydrogen-bond acceptors (Lipinski definition) is 5. The predicted octanol–water partition coefficient (Wildman–Crippen LogP) is 2.68. The molecule has 0 aromatic carbocycles. The molecule has 0 aliphatic heterocycles. The van der Waals surface area contributed by atoms with Crippen molar-refractivity contribution in [2.45, 2.75) is 43.9 Å². The molecule has 1 fully saturated rings. The van der Waals surface area contributed by atoms with Crippen molar-refractivity contribution in [1.29, 1.82) is 5.41 Å². The van der Waals surface area contributed by atoms with Gasteiger partial charge in [-0.2, -0.15) is 13.2 Å². The van der Waals surface area contributed by atoms with Crippen molar-refractivity contribution in [1.82, 2.24) is 14.7 Å². The van der Waals surface area contributed by atoms with E-state index in [9.17, 15) is 18.0 Å². The standard InChI is InChI=1S/C18H21F3N6O/c19-18(20,21)14-10-27-15(2-1-3-16(27)26-14)24-12-4-6-13(7-5-12)25-17(28)11(8-22)9-23/h1-3,8-10,12-13,22,24H,4-7,23H2,(H,25,28)/b11-9+,22-8?. The van der Waals surface area contributed by atoms with Crippen molar-refractivity contribution in [3.05, 3.63) is 41.9 Å². The van der Waals surface area contributed by atoms with Crippen LogP contribution in [0, 0.1) is 5.41 Å². The van der Waals surface area contributed by atoms with Gasteiger partial charge in [-0.15, -0.1) is 0 Å². The third kappa shape index (κ3) is 4.26. The first-order valence-corrected chi connectivity index (χ1v) is 8.87. The van der Waals surface area contributed by atoms with Gasteiger partial charge in [-0.05, 0) is 37.8 Å². The van der Waals surface area contributed by atoms with Crippen molar-refractivity contribution in [2.24, 2.45) is 5.73 Å². The molecule has 2 aromatic heterocycles. The maximum absolute atomic E-state index is 12.9. The Balaban J connectivity index is 1.63. The van der Waals surface area contributed by atoms with Crippen LogP contribution in [-0.4, -0.2) is 33.6 Å². The fraction of sp³-hybridized carbons (Fsp3) is 0.389. The number of nitrogens with zero attached hydrogens (tertiary/aromatic N) is 2. The van der Waals surface area contributed by atoms with Gasteiger partial charge in [-0.25, -0.2) is 4.98 Å². The van der Waals surface area contributed by atoms with Gasteiger partial charge in [0, 0.05) is 30.7 Å². The number of pyridine rings is 1. The Bertz CT molecular complexity index is 896. The van der Waals surface area contributed by atoms with Gasteiger partial charge in [0.2, 0.25) is 0 Å². The number of carbonyl (C=O) groups is 1. The van der Waals surface area contributed by atoms with Gasteiger partial charge in [0.1, 0.15) is 11.5 Å². The van der Waals surface area contributed by atoms with Crippen LogP contribution in [0.15, 0.2) is 36.2 Å². The number of amides is 1. The number of rotatable bonds is 5. The molecule has 1 aliphatic rings. The molecule has 7 nitrogen and oxygen atoms in total.